The number of rotatable bonds is 7. The Labute approximate surface area is 144 Å². The van der Waals surface area contributed by atoms with Crippen LogP contribution in [0.4, 0.5) is 11.5 Å². The lowest BCUT2D eigenvalue weighted by atomic mass is 10.2. The second-order valence-corrected chi connectivity index (χ2v) is 5.92. The quantitative estimate of drug-likeness (QED) is 0.778. The second-order valence-electron chi connectivity index (χ2n) is 5.92. The molecule has 0 aliphatic heterocycles. The fourth-order valence-corrected chi connectivity index (χ4v) is 2.52. The lowest BCUT2D eigenvalue weighted by Gasteiger charge is -2.21. The van der Waals surface area contributed by atoms with Crippen molar-refractivity contribution in [2.24, 2.45) is 0 Å². The van der Waals surface area contributed by atoms with Crippen LogP contribution in [-0.4, -0.2) is 36.0 Å². The Balaban J connectivity index is 2.16. The zero-order chi connectivity index (χ0) is 17.5. The molecular formula is C19H26N4O. The lowest BCUT2D eigenvalue weighted by Crippen LogP contribution is -2.31. The van der Waals surface area contributed by atoms with Crippen LogP contribution in [0, 0.1) is 6.92 Å². The highest BCUT2D eigenvalue weighted by atomic mass is 16.2. The van der Waals surface area contributed by atoms with E-state index in [9.17, 15) is 4.79 Å². The molecule has 0 radical (unpaired) electrons. The molecule has 5 heteroatoms. The molecule has 5 nitrogen and oxygen atoms in total. The van der Waals surface area contributed by atoms with Crippen LogP contribution in [-0.2, 0) is 0 Å². The predicted octanol–water partition coefficient (Wildman–Crippen LogP) is 3.69. The van der Waals surface area contributed by atoms with Gasteiger partial charge in [-0.15, -0.1) is 0 Å². The van der Waals surface area contributed by atoms with Crippen LogP contribution in [0.5, 0.6) is 0 Å². The van der Waals surface area contributed by atoms with Gasteiger partial charge in [-0.25, -0.2) is 9.97 Å². The molecule has 0 aliphatic rings. The fraction of sp³-hybridized carbons (Fsp3) is 0.421. The first kappa shape index (κ1) is 17.9. The molecular weight excluding hydrogens is 300 g/mol. The van der Waals surface area contributed by atoms with E-state index in [4.69, 9.17) is 0 Å². The van der Waals surface area contributed by atoms with Crippen LogP contribution in [0.25, 0.3) is 0 Å². The SMILES string of the molecule is CCCCN(C)c1cnc(C(=O)N(CC)c2cccc(C)c2)cn1. The molecule has 0 aliphatic carbocycles. The van der Waals surface area contributed by atoms with E-state index in [0.717, 1.165) is 36.5 Å². The summed E-state index contributed by atoms with van der Waals surface area (Å²) in [7, 11) is 1.99. The van der Waals surface area contributed by atoms with Crippen LogP contribution in [0.2, 0.25) is 0 Å². The largest absolute Gasteiger partial charge is 0.358 e. The van der Waals surface area contributed by atoms with Crippen molar-refractivity contribution >= 4 is 17.4 Å². The van der Waals surface area contributed by atoms with Crippen molar-refractivity contribution in [3.8, 4) is 0 Å². The molecule has 0 saturated heterocycles. The topological polar surface area (TPSA) is 49.3 Å². The van der Waals surface area contributed by atoms with Crippen molar-refractivity contribution < 1.29 is 4.79 Å². The van der Waals surface area contributed by atoms with Crippen LogP contribution < -0.4 is 9.80 Å². The van der Waals surface area contributed by atoms with Crippen LogP contribution in [0.1, 0.15) is 42.7 Å². The third-order valence-electron chi connectivity index (χ3n) is 3.97. The van der Waals surface area contributed by atoms with Crippen molar-refractivity contribution in [3.05, 3.63) is 47.9 Å². The Hall–Kier alpha value is -2.43. The third kappa shape index (κ3) is 4.31. The van der Waals surface area contributed by atoms with E-state index in [1.807, 2.05) is 45.2 Å². The van der Waals surface area contributed by atoms with E-state index >= 15 is 0 Å². The number of carbonyl (C=O) groups excluding carboxylic acids is 1. The van der Waals surface area contributed by atoms with E-state index in [1.54, 1.807) is 17.3 Å². The Morgan fingerprint density at radius 3 is 2.54 bits per heavy atom. The molecule has 0 unspecified atom stereocenters. The van der Waals surface area contributed by atoms with Gasteiger partial charge in [0.05, 0.1) is 12.4 Å². The van der Waals surface area contributed by atoms with Gasteiger partial charge in [0.2, 0.25) is 0 Å². The molecule has 1 heterocycles. The minimum Gasteiger partial charge on any atom is -0.358 e. The summed E-state index contributed by atoms with van der Waals surface area (Å²) in [6, 6.07) is 7.91. The maximum Gasteiger partial charge on any atom is 0.278 e. The molecule has 0 fully saturated rings. The van der Waals surface area contributed by atoms with Gasteiger partial charge < -0.3 is 9.80 Å². The molecule has 2 rings (SSSR count). The van der Waals surface area contributed by atoms with Crippen LogP contribution >= 0.6 is 0 Å². The van der Waals surface area contributed by atoms with Crippen LogP contribution in [0.3, 0.4) is 0 Å². The van der Waals surface area contributed by atoms with Crippen molar-refractivity contribution in [1.29, 1.82) is 0 Å². The first-order valence-electron chi connectivity index (χ1n) is 8.48. The minimum absolute atomic E-state index is 0.127. The summed E-state index contributed by atoms with van der Waals surface area (Å²) in [5.74, 6) is 0.664. The van der Waals surface area contributed by atoms with Crippen molar-refractivity contribution in [2.45, 2.75) is 33.6 Å². The molecule has 0 atom stereocenters. The molecule has 0 N–H and O–H groups in total. The zero-order valence-electron chi connectivity index (χ0n) is 15.0. The Morgan fingerprint density at radius 2 is 1.96 bits per heavy atom. The number of hydrogen-bond donors (Lipinski definition) is 0. The summed E-state index contributed by atoms with van der Waals surface area (Å²) in [4.78, 5) is 25.3. The van der Waals surface area contributed by atoms with E-state index < -0.39 is 0 Å². The number of aromatic nitrogens is 2. The predicted molar refractivity (Wildman–Crippen MR) is 98.7 cm³/mol. The number of unbranched alkanes of at least 4 members (excludes halogenated alkanes) is 1. The normalized spacial score (nSPS) is 10.5. The second kappa shape index (κ2) is 8.43. The third-order valence-corrected chi connectivity index (χ3v) is 3.97. The van der Waals surface area contributed by atoms with Gasteiger partial charge in [-0.3, -0.25) is 4.79 Å². The van der Waals surface area contributed by atoms with E-state index in [2.05, 4.69) is 21.8 Å². The van der Waals surface area contributed by atoms with E-state index in [0.29, 0.717) is 12.2 Å². The number of anilines is 2. The van der Waals surface area contributed by atoms with E-state index in [-0.39, 0.29) is 5.91 Å². The lowest BCUT2D eigenvalue weighted by molar-refractivity contribution is 0.0983. The number of nitrogens with zero attached hydrogens (tertiary/aromatic N) is 4. The molecule has 1 aromatic carbocycles. The molecule has 24 heavy (non-hydrogen) atoms. The number of aryl methyl sites for hydroxylation is 1. The maximum absolute atomic E-state index is 12.8. The standard InChI is InChI=1S/C19H26N4O/c1-5-7-11-22(4)18-14-20-17(13-21-18)19(24)23(6-2)16-10-8-9-15(3)12-16/h8-10,12-14H,5-7,11H2,1-4H3. The highest BCUT2D eigenvalue weighted by molar-refractivity contribution is 6.04. The number of carbonyl (C=O) groups is 1. The molecule has 0 saturated carbocycles. The average Bonchev–Trinajstić information content (AvgIpc) is 2.60. The van der Waals surface area contributed by atoms with Crippen LogP contribution in [0.15, 0.2) is 36.7 Å². The highest BCUT2D eigenvalue weighted by Crippen LogP contribution is 2.18. The van der Waals surface area contributed by atoms with Gasteiger partial charge in [-0.2, -0.15) is 0 Å². The van der Waals surface area contributed by atoms with Crippen molar-refractivity contribution in [2.75, 3.05) is 29.9 Å². The molecule has 0 spiro atoms. The number of hydrogen-bond acceptors (Lipinski definition) is 4. The van der Waals surface area contributed by atoms with Gasteiger partial charge in [0.1, 0.15) is 11.5 Å². The smallest absolute Gasteiger partial charge is 0.278 e. The van der Waals surface area contributed by atoms with Gasteiger partial charge in [0.25, 0.3) is 5.91 Å². The summed E-state index contributed by atoms with van der Waals surface area (Å²) in [6.45, 7) is 7.65. The molecule has 2 aromatic rings. The first-order valence-corrected chi connectivity index (χ1v) is 8.48. The zero-order valence-corrected chi connectivity index (χ0v) is 15.0. The van der Waals surface area contributed by atoms with Gasteiger partial charge >= 0.3 is 0 Å². The van der Waals surface area contributed by atoms with E-state index in [1.165, 1.54) is 0 Å². The Morgan fingerprint density at radius 1 is 1.17 bits per heavy atom. The Kier molecular flexibility index (Phi) is 6.29. The number of amides is 1. The highest BCUT2D eigenvalue weighted by Gasteiger charge is 2.18. The summed E-state index contributed by atoms with van der Waals surface area (Å²) in [5, 5.41) is 0. The molecule has 1 aromatic heterocycles. The Bertz CT molecular complexity index is 669. The van der Waals surface area contributed by atoms with Gasteiger partial charge in [-0.1, -0.05) is 25.5 Å². The molecule has 0 bridgehead atoms. The summed E-state index contributed by atoms with van der Waals surface area (Å²) >= 11 is 0. The summed E-state index contributed by atoms with van der Waals surface area (Å²) in [6.07, 6.45) is 5.48. The summed E-state index contributed by atoms with van der Waals surface area (Å²) in [5.41, 5.74) is 2.37. The first-order chi connectivity index (χ1) is 11.6. The van der Waals surface area contributed by atoms with Crippen molar-refractivity contribution in [1.82, 2.24) is 9.97 Å². The molecule has 128 valence electrons. The average molecular weight is 326 g/mol. The summed E-state index contributed by atoms with van der Waals surface area (Å²) < 4.78 is 0. The minimum atomic E-state index is -0.127. The maximum atomic E-state index is 12.8. The van der Waals surface area contributed by atoms with Gasteiger partial charge in [0, 0.05) is 25.8 Å². The van der Waals surface area contributed by atoms with Gasteiger partial charge in [0.15, 0.2) is 0 Å². The monoisotopic (exact) mass is 326 g/mol. The molecule has 1 amide bonds. The van der Waals surface area contributed by atoms with Gasteiger partial charge in [-0.05, 0) is 38.0 Å². The number of benzene rings is 1. The van der Waals surface area contributed by atoms with Crippen molar-refractivity contribution in [3.63, 3.8) is 0 Å². The fourth-order valence-electron chi connectivity index (χ4n) is 2.52.